The Balaban J connectivity index is 2.05. The Morgan fingerprint density at radius 2 is 2.18 bits per heavy atom. The number of nitrogens with one attached hydrogen (secondary N) is 2. The minimum atomic E-state index is -3.45. The number of sulfonamides is 1. The Bertz CT molecular complexity index is 466. The minimum absolute atomic E-state index is 0.0633. The molecule has 9 heteroatoms. The molecule has 2 N–H and O–H groups in total. The van der Waals surface area contributed by atoms with Gasteiger partial charge in [-0.3, -0.25) is 4.72 Å². The van der Waals surface area contributed by atoms with Crippen LogP contribution in [-0.2, 0) is 14.8 Å². The maximum Gasteiger partial charge on any atom is 0.336 e. The number of rotatable bonds is 4. The predicted molar refractivity (Wildman–Crippen MR) is 59.3 cm³/mol. The van der Waals surface area contributed by atoms with E-state index < -0.39 is 15.3 Å². The van der Waals surface area contributed by atoms with E-state index >= 15 is 0 Å². The van der Waals surface area contributed by atoms with E-state index in [2.05, 4.69) is 19.9 Å². The van der Waals surface area contributed by atoms with Gasteiger partial charge in [0.1, 0.15) is 0 Å². The van der Waals surface area contributed by atoms with Crippen LogP contribution >= 0.6 is 0 Å². The van der Waals surface area contributed by atoms with Gasteiger partial charge in [-0.05, 0) is 12.8 Å². The lowest BCUT2D eigenvalue weighted by Crippen LogP contribution is -2.33. The van der Waals surface area contributed by atoms with Gasteiger partial charge in [-0.2, -0.15) is 4.98 Å². The topological polar surface area (TPSA) is 106 Å². The Labute approximate surface area is 98.8 Å². The van der Waals surface area contributed by atoms with Crippen LogP contribution in [0.25, 0.3) is 0 Å². The van der Waals surface area contributed by atoms with Crippen molar-refractivity contribution in [3.63, 3.8) is 0 Å². The van der Waals surface area contributed by atoms with Crippen LogP contribution in [0.15, 0.2) is 0 Å². The first-order valence-corrected chi connectivity index (χ1v) is 6.72. The number of hydrogen-bond donors (Lipinski definition) is 2. The fourth-order valence-electron chi connectivity index (χ4n) is 1.59. The molecule has 1 aromatic heterocycles. The van der Waals surface area contributed by atoms with Crippen LogP contribution in [0.1, 0.15) is 12.8 Å². The summed E-state index contributed by atoms with van der Waals surface area (Å²) >= 11 is 0. The van der Waals surface area contributed by atoms with Crippen LogP contribution in [0, 0.1) is 0 Å². The summed E-state index contributed by atoms with van der Waals surface area (Å²) in [5.74, 6) is 0.0633. The molecule has 2 rings (SSSR count). The second-order valence-corrected chi connectivity index (χ2v) is 5.59. The van der Waals surface area contributed by atoms with Gasteiger partial charge < -0.3 is 9.47 Å². The third-order valence-electron chi connectivity index (χ3n) is 2.49. The van der Waals surface area contributed by atoms with E-state index in [1.165, 1.54) is 7.11 Å². The highest BCUT2D eigenvalue weighted by molar-refractivity contribution is 7.93. The zero-order valence-corrected chi connectivity index (χ0v) is 10.2. The van der Waals surface area contributed by atoms with E-state index in [4.69, 9.17) is 9.47 Å². The quantitative estimate of drug-likeness (QED) is 0.774. The molecule has 0 aromatic carbocycles. The number of ether oxygens (including phenoxy) is 2. The zero-order valence-electron chi connectivity index (χ0n) is 9.34. The smallest absolute Gasteiger partial charge is 0.336 e. The zero-order chi connectivity index (χ0) is 12.3. The third-order valence-corrected chi connectivity index (χ3v) is 4.32. The lowest BCUT2D eigenvalue weighted by molar-refractivity contribution is 0.0984. The van der Waals surface area contributed by atoms with Crippen molar-refractivity contribution >= 4 is 16.0 Å². The fourth-order valence-corrected chi connectivity index (χ4v) is 2.93. The first-order valence-electron chi connectivity index (χ1n) is 5.17. The van der Waals surface area contributed by atoms with Crippen LogP contribution in [0.2, 0.25) is 0 Å². The van der Waals surface area contributed by atoms with Crippen LogP contribution in [-0.4, -0.2) is 49.2 Å². The van der Waals surface area contributed by atoms with Crippen LogP contribution < -0.4 is 9.46 Å². The molecule has 2 heterocycles. The van der Waals surface area contributed by atoms with Crippen LogP contribution in [0.3, 0.4) is 0 Å². The van der Waals surface area contributed by atoms with Crippen LogP contribution in [0.5, 0.6) is 6.01 Å². The lowest BCUT2D eigenvalue weighted by Gasteiger charge is -2.21. The highest BCUT2D eigenvalue weighted by Crippen LogP contribution is 2.18. The predicted octanol–water partition coefficient (Wildman–Crippen LogP) is -0.266. The maximum atomic E-state index is 12.0. The summed E-state index contributed by atoms with van der Waals surface area (Å²) in [4.78, 5) is 3.80. The molecule has 96 valence electrons. The van der Waals surface area contributed by atoms with Gasteiger partial charge in [0.05, 0.1) is 12.4 Å². The molecule has 0 saturated carbocycles. The molecule has 1 aliphatic heterocycles. The van der Waals surface area contributed by atoms with E-state index in [1.54, 1.807) is 0 Å². The average molecular weight is 262 g/mol. The SMILES string of the molecule is COc1n[nH]c(NS(=O)(=O)C2CCOCC2)n1. The van der Waals surface area contributed by atoms with E-state index in [-0.39, 0.29) is 12.0 Å². The standard InChI is InChI=1S/C8H14N4O4S/c1-15-8-9-7(10-11-8)12-17(13,14)6-2-4-16-5-3-6/h6H,2-5H2,1H3,(H2,9,10,11,12). The van der Waals surface area contributed by atoms with E-state index in [0.29, 0.717) is 26.1 Å². The van der Waals surface area contributed by atoms with Crippen molar-refractivity contribution < 1.29 is 17.9 Å². The molecule has 17 heavy (non-hydrogen) atoms. The second-order valence-electron chi connectivity index (χ2n) is 3.63. The van der Waals surface area contributed by atoms with Crippen molar-refractivity contribution in [2.75, 3.05) is 25.0 Å². The highest BCUT2D eigenvalue weighted by atomic mass is 32.2. The van der Waals surface area contributed by atoms with Crippen molar-refractivity contribution in [3.8, 4) is 6.01 Å². The van der Waals surface area contributed by atoms with Gasteiger partial charge in [-0.1, -0.05) is 0 Å². The fraction of sp³-hybridized carbons (Fsp3) is 0.750. The van der Waals surface area contributed by atoms with Crippen molar-refractivity contribution in [2.45, 2.75) is 18.1 Å². The first-order chi connectivity index (χ1) is 8.12. The molecule has 0 amide bonds. The average Bonchev–Trinajstić information content (AvgIpc) is 2.77. The number of anilines is 1. The summed E-state index contributed by atoms with van der Waals surface area (Å²) in [6.07, 6.45) is 0.973. The lowest BCUT2D eigenvalue weighted by atomic mass is 10.2. The van der Waals surface area contributed by atoms with Crippen molar-refractivity contribution in [3.05, 3.63) is 0 Å². The summed E-state index contributed by atoms with van der Waals surface area (Å²) < 4.78 is 36.1. The van der Waals surface area contributed by atoms with Crippen molar-refractivity contribution in [2.24, 2.45) is 0 Å². The maximum absolute atomic E-state index is 12.0. The molecule has 0 atom stereocenters. The Kier molecular flexibility index (Phi) is 3.48. The molecule has 0 radical (unpaired) electrons. The van der Waals surface area contributed by atoms with Gasteiger partial charge in [-0.25, -0.2) is 13.5 Å². The summed E-state index contributed by atoms with van der Waals surface area (Å²) in [6.45, 7) is 0.927. The summed E-state index contributed by atoms with van der Waals surface area (Å²) in [6, 6.07) is 0.0923. The Morgan fingerprint density at radius 1 is 1.47 bits per heavy atom. The largest absolute Gasteiger partial charge is 0.466 e. The molecule has 0 unspecified atom stereocenters. The van der Waals surface area contributed by atoms with Crippen molar-refractivity contribution in [1.29, 1.82) is 0 Å². The Morgan fingerprint density at radius 3 is 2.76 bits per heavy atom. The van der Waals surface area contributed by atoms with E-state index in [9.17, 15) is 8.42 Å². The molecule has 1 aliphatic rings. The molecule has 0 spiro atoms. The molecular formula is C8H14N4O4S. The summed E-state index contributed by atoms with van der Waals surface area (Å²) in [5, 5.41) is 5.65. The van der Waals surface area contributed by atoms with Gasteiger partial charge in [0, 0.05) is 13.2 Å². The molecule has 1 aromatic rings. The van der Waals surface area contributed by atoms with Gasteiger partial charge in [-0.15, -0.1) is 5.10 Å². The highest BCUT2D eigenvalue weighted by Gasteiger charge is 2.28. The normalized spacial score (nSPS) is 17.9. The van der Waals surface area contributed by atoms with Gasteiger partial charge in [0.2, 0.25) is 16.0 Å². The number of aromatic nitrogens is 3. The Hall–Kier alpha value is -1.35. The van der Waals surface area contributed by atoms with Gasteiger partial charge in [0.25, 0.3) is 0 Å². The second kappa shape index (κ2) is 4.88. The summed E-state index contributed by atoms with van der Waals surface area (Å²) in [7, 11) is -2.05. The number of aromatic amines is 1. The molecule has 0 aliphatic carbocycles. The number of hydrogen-bond acceptors (Lipinski definition) is 6. The molecule has 8 nitrogen and oxygen atoms in total. The number of nitrogens with zero attached hydrogens (tertiary/aromatic N) is 2. The molecule has 0 bridgehead atoms. The van der Waals surface area contributed by atoms with E-state index in [1.807, 2.05) is 0 Å². The monoisotopic (exact) mass is 262 g/mol. The summed E-state index contributed by atoms with van der Waals surface area (Å²) in [5.41, 5.74) is 0. The van der Waals surface area contributed by atoms with Gasteiger partial charge >= 0.3 is 6.01 Å². The first kappa shape index (κ1) is 12.1. The third kappa shape index (κ3) is 2.86. The molecule has 1 saturated heterocycles. The molecule has 1 fully saturated rings. The molecular weight excluding hydrogens is 248 g/mol. The number of H-pyrrole nitrogens is 1. The van der Waals surface area contributed by atoms with Crippen molar-refractivity contribution in [1.82, 2.24) is 15.2 Å². The van der Waals surface area contributed by atoms with E-state index in [0.717, 1.165) is 0 Å². The van der Waals surface area contributed by atoms with Gasteiger partial charge in [0.15, 0.2) is 0 Å². The minimum Gasteiger partial charge on any atom is -0.466 e. The van der Waals surface area contributed by atoms with Crippen LogP contribution in [0.4, 0.5) is 5.95 Å². The number of methoxy groups -OCH3 is 1.